The summed E-state index contributed by atoms with van der Waals surface area (Å²) >= 11 is 0. The third-order valence-electron chi connectivity index (χ3n) is 2.93. The third-order valence-corrected chi connectivity index (χ3v) is 2.93. The molecule has 0 aliphatic carbocycles. The van der Waals surface area contributed by atoms with E-state index in [0.717, 1.165) is 6.42 Å². The van der Waals surface area contributed by atoms with Gasteiger partial charge in [0.1, 0.15) is 24.4 Å². The van der Waals surface area contributed by atoms with E-state index in [1.54, 1.807) is 0 Å². The highest BCUT2D eigenvalue weighted by atomic mass is 16.4. The molecular formula is C12H27NO6. The Balaban J connectivity index is 4.06. The van der Waals surface area contributed by atoms with Crippen molar-refractivity contribution in [3.63, 3.8) is 0 Å². The zero-order valence-corrected chi connectivity index (χ0v) is 11.5. The Hall–Kier alpha value is -0.280. The largest absolute Gasteiger partial charge is 0.394 e. The lowest BCUT2D eigenvalue weighted by Crippen LogP contribution is -2.52. The highest BCUT2D eigenvalue weighted by Gasteiger charge is 2.33. The van der Waals surface area contributed by atoms with Crippen LogP contribution in [0.25, 0.3) is 0 Å². The van der Waals surface area contributed by atoms with Gasteiger partial charge in [-0.2, -0.15) is 0 Å². The molecule has 116 valence electrons. The van der Waals surface area contributed by atoms with Crippen molar-refractivity contribution >= 4 is 0 Å². The highest BCUT2D eigenvalue weighted by molar-refractivity contribution is 4.85. The molecule has 7 N–H and O–H groups in total. The molecule has 7 nitrogen and oxygen atoms in total. The standard InChI is InChI=1S/C12H27NO6/c1-7(2)3-4-13-5-8(15)10(17)12(19)11(18)9(16)6-14/h7-19H,3-6H2,1-2H3. The van der Waals surface area contributed by atoms with E-state index in [2.05, 4.69) is 19.2 Å². The minimum atomic E-state index is -1.73. The van der Waals surface area contributed by atoms with Gasteiger partial charge in [-0.25, -0.2) is 0 Å². The van der Waals surface area contributed by atoms with Gasteiger partial charge >= 0.3 is 0 Å². The molecule has 0 fully saturated rings. The summed E-state index contributed by atoms with van der Waals surface area (Å²) in [7, 11) is 0. The molecule has 5 unspecified atom stereocenters. The Morgan fingerprint density at radius 3 is 1.84 bits per heavy atom. The number of hydrogen-bond acceptors (Lipinski definition) is 7. The molecule has 0 aromatic carbocycles. The number of aliphatic hydroxyl groups excluding tert-OH is 6. The van der Waals surface area contributed by atoms with Crippen LogP contribution < -0.4 is 5.32 Å². The van der Waals surface area contributed by atoms with Crippen LogP contribution in [0.3, 0.4) is 0 Å². The van der Waals surface area contributed by atoms with Crippen LogP contribution in [0.5, 0.6) is 0 Å². The second kappa shape index (κ2) is 9.60. The maximum absolute atomic E-state index is 9.63. The van der Waals surface area contributed by atoms with E-state index in [1.165, 1.54) is 0 Å². The average Bonchev–Trinajstić information content (AvgIpc) is 2.39. The number of hydrogen-bond donors (Lipinski definition) is 7. The van der Waals surface area contributed by atoms with Crippen LogP contribution in [0.15, 0.2) is 0 Å². The number of rotatable bonds is 10. The molecule has 0 radical (unpaired) electrons. The zero-order valence-electron chi connectivity index (χ0n) is 11.5. The van der Waals surface area contributed by atoms with Crippen molar-refractivity contribution in [1.82, 2.24) is 5.32 Å². The maximum atomic E-state index is 9.63. The molecule has 0 aliphatic rings. The molecule has 0 saturated heterocycles. The molecular weight excluding hydrogens is 254 g/mol. The number of nitrogens with one attached hydrogen (secondary N) is 1. The first kappa shape index (κ1) is 18.7. The summed E-state index contributed by atoms with van der Waals surface area (Å²) in [5.74, 6) is 0.515. The van der Waals surface area contributed by atoms with Crippen molar-refractivity contribution in [3.8, 4) is 0 Å². The van der Waals surface area contributed by atoms with Crippen molar-refractivity contribution in [2.45, 2.75) is 50.8 Å². The summed E-state index contributed by atoms with van der Waals surface area (Å²) in [4.78, 5) is 0. The average molecular weight is 281 g/mol. The first-order valence-corrected chi connectivity index (χ1v) is 6.53. The molecule has 0 saturated carbocycles. The summed E-state index contributed by atoms with van der Waals surface area (Å²) < 4.78 is 0. The van der Waals surface area contributed by atoms with Gasteiger partial charge in [-0.3, -0.25) is 0 Å². The fourth-order valence-electron chi connectivity index (χ4n) is 1.53. The lowest BCUT2D eigenvalue weighted by molar-refractivity contribution is -0.139. The van der Waals surface area contributed by atoms with E-state index >= 15 is 0 Å². The predicted octanol–water partition coefficient (Wildman–Crippen LogP) is -2.58. The normalized spacial score (nSPS) is 20.1. The molecule has 0 aliphatic heterocycles. The Morgan fingerprint density at radius 2 is 1.37 bits per heavy atom. The van der Waals surface area contributed by atoms with Crippen LogP contribution >= 0.6 is 0 Å². The minimum absolute atomic E-state index is 0.0624. The second-order valence-corrected chi connectivity index (χ2v) is 5.18. The Morgan fingerprint density at radius 1 is 0.842 bits per heavy atom. The SMILES string of the molecule is CC(C)CCNCC(O)C(O)C(O)C(O)C(O)CO. The van der Waals surface area contributed by atoms with Gasteiger partial charge in [0.15, 0.2) is 0 Å². The van der Waals surface area contributed by atoms with Gasteiger partial charge in [0.2, 0.25) is 0 Å². The monoisotopic (exact) mass is 281 g/mol. The Labute approximate surface area is 113 Å². The first-order chi connectivity index (χ1) is 8.81. The van der Waals surface area contributed by atoms with Gasteiger partial charge in [0, 0.05) is 6.54 Å². The molecule has 7 heteroatoms. The topological polar surface area (TPSA) is 133 Å². The summed E-state index contributed by atoms with van der Waals surface area (Å²) in [6.45, 7) is 4.10. The van der Waals surface area contributed by atoms with E-state index in [0.29, 0.717) is 12.5 Å². The zero-order chi connectivity index (χ0) is 15.0. The lowest BCUT2D eigenvalue weighted by atomic mass is 9.99. The van der Waals surface area contributed by atoms with Crippen molar-refractivity contribution in [2.75, 3.05) is 19.7 Å². The van der Waals surface area contributed by atoms with Gasteiger partial charge in [0.25, 0.3) is 0 Å². The first-order valence-electron chi connectivity index (χ1n) is 6.53. The van der Waals surface area contributed by atoms with Crippen LogP contribution in [0.4, 0.5) is 0 Å². The maximum Gasteiger partial charge on any atom is 0.111 e. The smallest absolute Gasteiger partial charge is 0.111 e. The molecule has 0 aromatic heterocycles. The quantitative estimate of drug-likeness (QED) is 0.219. The van der Waals surface area contributed by atoms with Crippen LogP contribution in [0.2, 0.25) is 0 Å². The van der Waals surface area contributed by atoms with Gasteiger partial charge in [-0.1, -0.05) is 13.8 Å². The summed E-state index contributed by atoms with van der Waals surface area (Å²) in [5, 5.41) is 58.9. The number of aliphatic hydroxyl groups is 6. The fourth-order valence-corrected chi connectivity index (χ4v) is 1.53. The van der Waals surface area contributed by atoms with Crippen LogP contribution in [0.1, 0.15) is 20.3 Å². The Bertz CT molecular complexity index is 228. The molecule has 0 amide bonds. The van der Waals surface area contributed by atoms with E-state index in [-0.39, 0.29) is 6.54 Å². The van der Waals surface area contributed by atoms with Crippen molar-refractivity contribution in [3.05, 3.63) is 0 Å². The molecule has 0 rings (SSSR count). The lowest BCUT2D eigenvalue weighted by Gasteiger charge is -2.28. The Kier molecular flexibility index (Phi) is 9.46. The van der Waals surface area contributed by atoms with E-state index < -0.39 is 37.1 Å². The van der Waals surface area contributed by atoms with Crippen molar-refractivity contribution in [1.29, 1.82) is 0 Å². The molecule has 0 spiro atoms. The molecule has 0 heterocycles. The molecule has 0 bridgehead atoms. The van der Waals surface area contributed by atoms with Crippen LogP contribution in [0, 0.1) is 5.92 Å². The van der Waals surface area contributed by atoms with Gasteiger partial charge in [-0.15, -0.1) is 0 Å². The van der Waals surface area contributed by atoms with E-state index in [9.17, 15) is 20.4 Å². The van der Waals surface area contributed by atoms with E-state index in [4.69, 9.17) is 10.2 Å². The molecule has 19 heavy (non-hydrogen) atoms. The van der Waals surface area contributed by atoms with Crippen molar-refractivity contribution < 1.29 is 30.6 Å². The predicted molar refractivity (Wildman–Crippen MR) is 69.4 cm³/mol. The van der Waals surface area contributed by atoms with E-state index in [1.807, 2.05) is 0 Å². The van der Waals surface area contributed by atoms with Crippen molar-refractivity contribution in [2.24, 2.45) is 5.92 Å². The molecule has 5 atom stereocenters. The summed E-state index contributed by atoms with van der Waals surface area (Å²) in [6, 6.07) is 0. The third kappa shape index (κ3) is 7.17. The van der Waals surface area contributed by atoms with Gasteiger partial charge in [0.05, 0.1) is 12.7 Å². The second-order valence-electron chi connectivity index (χ2n) is 5.18. The molecule has 0 aromatic rings. The summed E-state index contributed by atoms with van der Waals surface area (Å²) in [6.07, 6.45) is -6.98. The summed E-state index contributed by atoms with van der Waals surface area (Å²) in [5.41, 5.74) is 0. The highest BCUT2D eigenvalue weighted by Crippen LogP contribution is 2.08. The van der Waals surface area contributed by atoms with Gasteiger partial charge in [-0.05, 0) is 18.9 Å². The van der Waals surface area contributed by atoms with Crippen LogP contribution in [-0.2, 0) is 0 Å². The van der Waals surface area contributed by atoms with Gasteiger partial charge < -0.3 is 36.0 Å². The minimum Gasteiger partial charge on any atom is -0.394 e. The fraction of sp³-hybridized carbons (Fsp3) is 1.00. The van der Waals surface area contributed by atoms with Crippen LogP contribution in [-0.4, -0.2) is 80.9 Å².